The maximum atomic E-state index is 12.6. The molecule has 4 heteroatoms. The van der Waals surface area contributed by atoms with Crippen molar-refractivity contribution >= 4 is 0 Å². The van der Waals surface area contributed by atoms with E-state index in [9.17, 15) is 13.2 Å². The van der Waals surface area contributed by atoms with Crippen LogP contribution in [0.2, 0.25) is 0 Å². The lowest BCUT2D eigenvalue weighted by atomic mass is 9.79. The summed E-state index contributed by atoms with van der Waals surface area (Å²) in [5, 5.41) is 3.46. The molecule has 1 aromatic carbocycles. The minimum absolute atomic E-state index is 0.183. The molecule has 0 saturated heterocycles. The Labute approximate surface area is 118 Å². The summed E-state index contributed by atoms with van der Waals surface area (Å²) >= 11 is 0. The summed E-state index contributed by atoms with van der Waals surface area (Å²) in [5.41, 5.74) is 0.400. The molecule has 0 spiro atoms. The van der Waals surface area contributed by atoms with E-state index < -0.39 is 11.7 Å². The summed E-state index contributed by atoms with van der Waals surface area (Å²) in [5.74, 6) is 0.728. The smallest absolute Gasteiger partial charge is 0.310 e. The second-order valence-corrected chi connectivity index (χ2v) is 5.66. The normalized spacial score (nSPS) is 17.8. The molecule has 1 aromatic rings. The van der Waals surface area contributed by atoms with Gasteiger partial charge in [0.1, 0.15) is 0 Å². The van der Waals surface area contributed by atoms with E-state index in [-0.39, 0.29) is 6.04 Å². The Hall–Kier alpha value is -1.03. The molecule has 0 aromatic heterocycles. The van der Waals surface area contributed by atoms with Crippen LogP contribution in [-0.2, 0) is 6.18 Å². The zero-order valence-electron chi connectivity index (χ0n) is 11.8. The van der Waals surface area contributed by atoms with Crippen LogP contribution in [0.15, 0.2) is 24.3 Å². The maximum absolute atomic E-state index is 12.6. The Morgan fingerprint density at radius 3 is 2.30 bits per heavy atom. The monoisotopic (exact) mass is 285 g/mol. The molecule has 0 amide bonds. The molecule has 1 fully saturated rings. The standard InChI is InChI=1S/C16H22F3N/c1-2-10-20-15(11-12-4-3-5-12)13-6-8-14(9-7-13)16(17,18)19/h6-9,12,15,20H,2-5,10-11H2,1H3. The van der Waals surface area contributed by atoms with Gasteiger partial charge in [-0.1, -0.05) is 38.3 Å². The zero-order chi connectivity index (χ0) is 14.6. The molecule has 2 rings (SSSR count). The van der Waals surface area contributed by atoms with Crippen molar-refractivity contribution in [2.24, 2.45) is 5.92 Å². The Kier molecular flexibility index (Phi) is 5.08. The highest BCUT2D eigenvalue weighted by Crippen LogP contribution is 2.36. The molecule has 0 radical (unpaired) electrons. The van der Waals surface area contributed by atoms with Gasteiger partial charge in [-0.25, -0.2) is 0 Å². The molecule has 1 aliphatic carbocycles. The highest BCUT2D eigenvalue weighted by atomic mass is 19.4. The number of benzene rings is 1. The molecule has 0 bridgehead atoms. The van der Waals surface area contributed by atoms with Crippen LogP contribution in [0.25, 0.3) is 0 Å². The van der Waals surface area contributed by atoms with Crippen molar-refractivity contribution in [2.75, 3.05) is 6.54 Å². The summed E-state index contributed by atoms with van der Waals surface area (Å²) in [6.45, 7) is 3.00. The van der Waals surface area contributed by atoms with Gasteiger partial charge in [-0.05, 0) is 43.0 Å². The first-order chi connectivity index (χ1) is 9.50. The van der Waals surface area contributed by atoms with Crippen molar-refractivity contribution in [3.05, 3.63) is 35.4 Å². The van der Waals surface area contributed by atoms with E-state index in [0.717, 1.165) is 30.9 Å². The van der Waals surface area contributed by atoms with Gasteiger partial charge in [-0.15, -0.1) is 0 Å². The van der Waals surface area contributed by atoms with E-state index in [1.165, 1.54) is 31.4 Å². The fourth-order valence-electron chi connectivity index (χ4n) is 2.62. The number of hydrogen-bond acceptors (Lipinski definition) is 1. The maximum Gasteiger partial charge on any atom is 0.416 e. The summed E-state index contributed by atoms with van der Waals surface area (Å²) < 4.78 is 37.7. The molecule has 0 aliphatic heterocycles. The fourth-order valence-corrected chi connectivity index (χ4v) is 2.62. The van der Waals surface area contributed by atoms with Crippen molar-refractivity contribution in [3.63, 3.8) is 0 Å². The lowest BCUT2D eigenvalue weighted by Crippen LogP contribution is -2.26. The first kappa shape index (κ1) is 15.4. The molecule has 1 nitrogen and oxygen atoms in total. The predicted octanol–water partition coefficient (Wildman–Crippen LogP) is 4.94. The average molecular weight is 285 g/mol. The number of nitrogens with one attached hydrogen (secondary N) is 1. The Morgan fingerprint density at radius 1 is 1.20 bits per heavy atom. The number of alkyl halides is 3. The second kappa shape index (κ2) is 6.61. The van der Waals surface area contributed by atoms with Crippen LogP contribution >= 0.6 is 0 Å². The minimum Gasteiger partial charge on any atom is -0.310 e. The third kappa shape index (κ3) is 3.98. The van der Waals surface area contributed by atoms with Crippen LogP contribution in [0.4, 0.5) is 13.2 Å². The fraction of sp³-hybridized carbons (Fsp3) is 0.625. The summed E-state index contributed by atoms with van der Waals surface area (Å²) in [7, 11) is 0. The molecular weight excluding hydrogens is 263 g/mol. The molecule has 20 heavy (non-hydrogen) atoms. The van der Waals surface area contributed by atoms with E-state index in [0.29, 0.717) is 0 Å². The molecule has 1 atom stereocenters. The van der Waals surface area contributed by atoms with Gasteiger partial charge in [0.25, 0.3) is 0 Å². The van der Waals surface area contributed by atoms with Crippen molar-refractivity contribution in [1.82, 2.24) is 5.32 Å². The molecule has 1 saturated carbocycles. The Bertz CT molecular complexity index is 407. The number of halogens is 3. The van der Waals surface area contributed by atoms with Gasteiger partial charge in [0.15, 0.2) is 0 Å². The van der Waals surface area contributed by atoms with Crippen molar-refractivity contribution < 1.29 is 13.2 Å². The largest absolute Gasteiger partial charge is 0.416 e. The molecule has 1 unspecified atom stereocenters. The van der Waals surface area contributed by atoms with Gasteiger partial charge in [0.05, 0.1) is 5.56 Å². The molecule has 0 heterocycles. The zero-order valence-corrected chi connectivity index (χ0v) is 11.8. The second-order valence-electron chi connectivity index (χ2n) is 5.66. The first-order valence-electron chi connectivity index (χ1n) is 7.41. The summed E-state index contributed by atoms with van der Waals surface area (Å²) in [6.07, 6.45) is 1.61. The third-order valence-corrected chi connectivity index (χ3v) is 4.07. The van der Waals surface area contributed by atoms with Crippen molar-refractivity contribution in [3.8, 4) is 0 Å². The van der Waals surface area contributed by atoms with Gasteiger partial charge >= 0.3 is 6.18 Å². The lowest BCUT2D eigenvalue weighted by molar-refractivity contribution is -0.137. The lowest BCUT2D eigenvalue weighted by Gasteiger charge is -2.30. The topological polar surface area (TPSA) is 12.0 Å². The Balaban J connectivity index is 2.06. The van der Waals surface area contributed by atoms with Gasteiger partial charge in [-0.2, -0.15) is 13.2 Å². The van der Waals surface area contributed by atoms with E-state index in [2.05, 4.69) is 12.2 Å². The summed E-state index contributed by atoms with van der Waals surface area (Å²) in [4.78, 5) is 0. The molecule has 112 valence electrons. The SMILES string of the molecule is CCCNC(CC1CCC1)c1ccc(C(F)(F)F)cc1. The van der Waals surface area contributed by atoms with Crippen LogP contribution < -0.4 is 5.32 Å². The van der Waals surface area contributed by atoms with E-state index in [1.54, 1.807) is 12.1 Å². The Morgan fingerprint density at radius 2 is 1.85 bits per heavy atom. The van der Waals surface area contributed by atoms with Gasteiger partial charge in [-0.3, -0.25) is 0 Å². The predicted molar refractivity (Wildman–Crippen MR) is 74.4 cm³/mol. The third-order valence-electron chi connectivity index (χ3n) is 4.07. The summed E-state index contributed by atoms with van der Waals surface area (Å²) in [6, 6.07) is 5.81. The highest BCUT2D eigenvalue weighted by Gasteiger charge is 2.30. The van der Waals surface area contributed by atoms with Crippen molar-refractivity contribution in [1.29, 1.82) is 0 Å². The molecular formula is C16H22F3N. The van der Waals surface area contributed by atoms with E-state index in [4.69, 9.17) is 0 Å². The quantitative estimate of drug-likeness (QED) is 0.781. The van der Waals surface area contributed by atoms with Gasteiger partial charge in [0.2, 0.25) is 0 Å². The van der Waals surface area contributed by atoms with Crippen LogP contribution in [0.3, 0.4) is 0 Å². The van der Waals surface area contributed by atoms with Crippen molar-refractivity contribution in [2.45, 2.75) is 51.2 Å². The number of rotatable bonds is 6. The van der Waals surface area contributed by atoms with E-state index in [1.807, 2.05) is 0 Å². The highest BCUT2D eigenvalue weighted by molar-refractivity contribution is 5.27. The van der Waals surface area contributed by atoms with Crippen LogP contribution in [-0.4, -0.2) is 6.54 Å². The first-order valence-corrected chi connectivity index (χ1v) is 7.41. The average Bonchev–Trinajstić information content (AvgIpc) is 2.36. The molecule has 1 aliphatic rings. The van der Waals surface area contributed by atoms with Crippen LogP contribution in [0, 0.1) is 5.92 Å². The van der Waals surface area contributed by atoms with Crippen LogP contribution in [0.1, 0.15) is 56.2 Å². The van der Waals surface area contributed by atoms with E-state index >= 15 is 0 Å². The van der Waals surface area contributed by atoms with Gasteiger partial charge in [0, 0.05) is 6.04 Å². The minimum atomic E-state index is -4.25. The molecule has 1 N–H and O–H groups in total. The van der Waals surface area contributed by atoms with Crippen LogP contribution in [0.5, 0.6) is 0 Å². The van der Waals surface area contributed by atoms with Gasteiger partial charge < -0.3 is 5.32 Å². The number of hydrogen-bond donors (Lipinski definition) is 1.